The van der Waals surface area contributed by atoms with Gasteiger partial charge in [0.15, 0.2) is 0 Å². The van der Waals surface area contributed by atoms with Gasteiger partial charge < -0.3 is 10.0 Å². The Balaban J connectivity index is 1.91. The van der Waals surface area contributed by atoms with Gasteiger partial charge in [0, 0.05) is 11.8 Å². The van der Waals surface area contributed by atoms with Gasteiger partial charge in [0.1, 0.15) is 5.78 Å². The van der Waals surface area contributed by atoms with Crippen molar-refractivity contribution in [2.75, 3.05) is 20.1 Å². The van der Waals surface area contributed by atoms with Gasteiger partial charge in [-0.1, -0.05) is 6.92 Å². The molecule has 3 rings (SSSR count). The summed E-state index contributed by atoms with van der Waals surface area (Å²) in [5.74, 6) is 1.67. The second-order valence-corrected chi connectivity index (χ2v) is 7.66. The summed E-state index contributed by atoms with van der Waals surface area (Å²) in [5, 5.41) is 10.6. The van der Waals surface area contributed by atoms with Gasteiger partial charge in [-0.2, -0.15) is 0 Å². The first-order chi connectivity index (χ1) is 9.54. The van der Waals surface area contributed by atoms with Gasteiger partial charge >= 0.3 is 0 Å². The van der Waals surface area contributed by atoms with Gasteiger partial charge in [0.2, 0.25) is 0 Å². The Morgan fingerprint density at radius 1 is 1.25 bits per heavy atom. The molecule has 1 saturated heterocycles. The largest absolute Gasteiger partial charge is 0.393 e. The first kappa shape index (κ1) is 14.5. The first-order valence-electron chi connectivity index (χ1n) is 8.44. The van der Waals surface area contributed by atoms with E-state index in [4.69, 9.17) is 0 Å². The van der Waals surface area contributed by atoms with E-state index in [2.05, 4.69) is 18.9 Å². The Bertz CT molecular complexity index is 383. The van der Waals surface area contributed by atoms with E-state index in [1.165, 1.54) is 0 Å². The maximum Gasteiger partial charge on any atom is 0.139 e. The third-order valence-corrected chi connectivity index (χ3v) is 6.31. The highest BCUT2D eigenvalue weighted by atomic mass is 16.3. The van der Waals surface area contributed by atoms with Crippen molar-refractivity contribution in [1.82, 2.24) is 4.90 Å². The number of carbonyl (C=O) groups is 1. The second-order valence-electron chi connectivity index (χ2n) is 7.66. The third-order valence-electron chi connectivity index (χ3n) is 6.31. The van der Waals surface area contributed by atoms with E-state index >= 15 is 0 Å². The zero-order valence-electron chi connectivity index (χ0n) is 13.0. The Morgan fingerprint density at radius 2 is 2.00 bits per heavy atom. The van der Waals surface area contributed by atoms with Crippen molar-refractivity contribution in [3.63, 3.8) is 0 Å². The molecule has 0 radical (unpaired) electrons. The molecule has 1 spiro atoms. The highest BCUT2D eigenvalue weighted by Crippen LogP contribution is 2.58. The zero-order valence-corrected chi connectivity index (χ0v) is 13.0. The van der Waals surface area contributed by atoms with E-state index in [-0.39, 0.29) is 17.4 Å². The van der Waals surface area contributed by atoms with Gasteiger partial charge in [-0.3, -0.25) is 4.79 Å². The lowest BCUT2D eigenvalue weighted by atomic mass is 9.58. The molecule has 1 aliphatic heterocycles. The van der Waals surface area contributed by atoms with E-state index in [1.54, 1.807) is 0 Å². The van der Waals surface area contributed by atoms with Crippen LogP contribution < -0.4 is 0 Å². The minimum Gasteiger partial charge on any atom is -0.393 e. The summed E-state index contributed by atoms with van der Waals surface area (Å²) in [5.41, 5.74) is -0.170. The van der Waals surface area contributed by atoms with Crippen molar-refractivity contribution in [2.24, 2.45) is 23.2 Å². The molecule has 1 N–H and O–H groups in total. The number of aliphatic hydroxyl groups excluding tert-OH is 1. The normalized spacial score (nSPS) is 47.0. The molecule has 2 aliphatic carbocycles. The van der Waals surface area contributed by atoms with Crippen molar-refractivity contribution in [2.45, 2.75) is 58.0 Å². The van der Waals surface area contributed by atoms with Crippen LogP contribution in [0.15, 0.2) is 0 Å². The second kappa shape index (κ2) is 5.42. The fourth-order valence-electron chi connectivity index (χ4n) is 5.44. The Morgan fingerprint density at radius 3 is 2.80 bits per heavy atom. The average molecular weight is 279 g/mol. The van der Waals surface area contributed by atoms with Crippen LogP contribution in [0.25, 0.3) is 0 Å². The van der Waals surface area contributed by atoms with Gasteiger partial charge in [-0.25, -0.2) is 0 Å². The van der Waals surface area contributed by atoms with Crippen LogP contribution in [0.1, 0.15) is 51.9 Å². The van der Waals surface area contributed by atoms with Gasteiger partial charge in [-0.05, 0) is 76.4 Å². The molecule has 1 heterocycles. The predicted molar refractivity (Wildman–Crippen MR) is 79.4 cm³/mol. The molecule has 2 saturated carbocycles. The molecule has 0 bridgehead atoms. The summed E-state index contributed by atoms with van der Waals surface area (Å²) < 4.78 is 0. The van der Waals surface area contributed by atoms with Crippen LogP contribution in [0.3, 0.4) is 0 Å². The van der Waals surface area contributed by atoms with Crippen LogP contribution >= 0.6 is 0 Å². The van der Waals surface area contributed by atoms with Crippen LogP contribution in [0.5, 0.6) is 0 Å². The smallest absolute Gasteiger partial charge is 0.139 e. The van der Waals surface area contributed by atoms with Crippen molar-refractivity contribution in [3.05, 3.63) is 0 Å². The van der Waals surface area contributed by atoms with E-state index in [9.17, 15) is 9.90 Å². The SMILES string of the molecule is C[C@H]1CC(=O)[C@]23CCCN(C)CCC[C@H]2[C@H](O)C[C@@H]3C1. The molecule has 3 fully saturated rings. The van der Waals surface area contributed by atoms with Gasteiger partial charge in [-0.15, -0.1) is 0 Å². The molecule has 5 atom stereocenters. The standard InChI is InChI=1S/C17H29NO2/c1-12-9-13-11-15(19)14-5-3-7-18(2)8-4-6-17(13,14)16(20)10-12/h12-15,19H,3-11H2,1-2H3/t12-,13+,14+,15-,17+/m1/s1. The number of aliphatic hydroxyl groups is 1. The number of carbonyl (C=O) groups excluding carboxylic acids is 1. The molecule has 3 aliphatic rings. The molecule has 0 amide bonds. The molecule has 0 aromatic heterocycles. The van der Waals surface area contributed by atoms with Crippen LogP contribution in [-0.2, 0) is 4.79 Å². The summed E-state index contributed by atoms with van der Waals surface area (Å²) in [6.45, 7) is 4.40. The molecule has 3 nitrogen and oxygen atoms in total. The van der Waals surface area contributed by atoms with E-state index in [0.29, 0.717) is 17.6 Å². The number of ketones is 1. The highest BCUT2D eigenvalue weighted by Gasteiger charge is 2.59. The maximum atomic E-state index is 12.9. The van der Waals surface area contributed by atoms with Crippen LogP contribution in [0, 0.1) is 23.2 Å². The monoisotopic (exact) mass is 279 g/mol. The molecular weight excluding hydrogens is 250 g/mol. The van der Waals surface area contributed by atoms with Crippen molar-refractivity contribution < 1.29 is 9.90 Å². The first-order valence-corrected chi connectivity index (χ1v) is 8.44. The Hall–Kier alpha value is -0.410. The number of nitrogens with zero attached hydrogens (tertiary/aromatic N) is 1. The number of hydrogen-bond donors (Lipinski definition) is 1. The molecule has 114 valence electrons. The minimum atomic E-state index is -0.238. The van der Waals surface area contributed by atoms with Crippen LogP contribution in [-0.4, -0.2) is 42.0 Å². The molecule has 0 aromatic rings. The van der Waals surface area contributed by atoms with E-state index in [1.807, 2.05) is 0 Å². The highest BCUT2D eigenvalue weighted by molar-refractivity contribution is 5.87. The van der Waals surface area contributed by atoms with Crippen molar-refractivity contribution in [1.29, 1.82) is 0 Å². The fourth-order valence-corrected chi connectivity index (χ4v) is 5.44. The average Bonchev–Trinajstić information content (AvgIpc) is 2.67. The van der Waals surface area contributed by atoms with E-state index in [0.717, 1.165) is 58.0 Å². The minimum absolute atomic E-state index is 0.170. The summed E-state index contributed by atoms with van der Waals surface area (Å²) in [6, 6.07) is 0. The van der Waals surface area contributed by atoms with Gasteiger partial charge in [0.25, 0.3) is 0 Å². The summed E-state index contributed by atoms with van der Waals surface area (Å²) in [4.78, 5) is 15.3. The summed E-state index contributed by atoms with van der Waals surface area (Å²) in [7, 11) is 2.18. The molecule has 0 aromatic carbocycles. The number of rotatable bonds is 0. The maximum absolute atomic E-state index is 12.9. The number of Topliss-reactive ketones (excluding diaryl/α,β-unsaturated/α-hetero) is 1. The fraction of sp³-hybridized carbons (Fsp3) is 0.941. The Labute approximate surface area is 122 Å². The third kappa shape index (κ3) is 2.23. The quantitative estimate of drug-likeness (QED) is 0.740. The van der Waals surface area contributed by atoms with E-state index < -0.39 is 0 Å². The van der Waals surface area contributed by atoms with Crippen molar-refractivity contribution in [3.8, 4) is 0 Å². The number of hydrogen-bond acceptors (Lipinski definition) is 3. The lowest BCUT2D eigenvalue weighted by molar-refractivity contribution is -0.140. The lowest BCUT2D eigenvalue weighted by Crippen LogP contribution is -2.46. The molecule has 3 heteroatoms. The topological polar surface area (TPSA) is 40.5 Å². The molecule has 20 heavy (non-hydrogen) atoms. The lowest BCUT2D eigenvalue weighted by Gasteiger charge is -2.44. The zero-order chi connectivity index (χ0) is 14.3. The van der Waals surface area contributed by atoms with Gasteiger partial charge in [0.05, 0.1) is 6.10 Å². The predicted octanol–water partition coefficient (Wildman–Crippen LogP) is 2.47. The summed E-state index contributed by atoms with van der Waals surface area (Å²) in [6.07, 6.45) is 6.79. The summed E-state index contributed by atoms with van der Waals surface area (Å²) >= 11 is 0. The Kier molecular flexibility index (Phi) is 3.93. The van der Waals surface area contributed by atoms with Crippen LogP contribution in [0.4, 0.5) is 0 Å². The molecule has 0 unspecified atom stereocenters. The van der Waals surface area contributed by atoms with Crippen LogP contribution in [0.2, 0.25) is 0 Å². The molecular formula is C17H29NO2. The van der Waals surface area contributed by atoms with Crippen molar-refractivity contribution >= 4 is 5.78 Å².